The van der Waals surface area contributed by atoms with Crippen molar-refractivity contribution in [1.82, 2.24) is 0 Å². The molecule has 0 spiro atoms. The van der Waals surface area contributed by atoms with Crippen molar-refractivity contribution in [2.24, 2.45) is 11.8 Å². The highest BCUT2D eigenvalue weighted by Crippen LogP contribution is 2.39. The summed E-state index contributed by atoms with van der Waals surface area (Å²) in [6.45, 7) is 7.99. The number of aliphatic hydroxyl groups excluding tert-OH is 1. The maximum atomic E-state index is 10.7. The lowest BCUT2D eigenvalue weighted by atomic mass is 9.87. The van der Waals surface area contributed by atoms with E-state index in [1.165, 1.54) is 0 Å². The third kappa shape index (κ3) is 10.4. The van der Waals surface area contributed by atoms with E-state index in [9.17, 15) is 15.0 Å². The number of carboxylic acids is 1. The Morgan fingerprint density at radius 3 is 2.59 bits per heavy atom. The lowest BCUT2D eigenvalue weighted by Crippen LogP contribution is -2.26. The predicted octanol–water partition coefficient (Wildman–Crippen LogP) is 4.87. The zero-order valence-corrected chi connectivity index (χ0v) is 18.7. The normalized spacial score (nSPS) is 27.3. The molecule has 5 atom stereocenters. The Hall–Kier alpha value is -1.17. The van der Waals surface area contributed by atoms with Crippen LogP contribution in [0, 0.1) is 11.8 Å². The first-order valence-corrected chi connectivity index (χ1v) is 11.3. The fraction of sp³-hybridized carbons (Fsp3) is 0.792. The van der Waals surface area contributed by atoms with Crippen LogP contribution in [0.3, 0.4) is 0 Å². The van der Waals surface area contributed by atoms with Crippen LogP contribution in [0.4, 0.5) is 0 Å². The second-order valence-corrected chi connectivity index (χ2v) is 8.93. The van der Waals surface area contributed by atoms with Gasteiger partial charge in [0, 0.05) is 18.8 Å². The van der Waals surface area contributed by atoms with Crippen molar-refractivity contribution in [3.8, 4) is 0 Å². The van der Waals surface area contributed by atoms with E-state index in [4.69, 9.17) is 9.84 Å². The van der Waals surface area contributed by atoms with E-state index in [1.54, 1.807) is 0 Å². The molecule has 0 unspecified atom stereocenters. The molecule has 0 amide bonds. The van der Waals surface area contributed by atoms with Crippen LogP contribution in [0.1, 0.15) is 85.5 Å². The minimum Gasteiger partial charge on any atom is -0.481 e. The standard InChI is InChI=1S/C24H42O5/c1-5-6-11-15-24(4,28)16-14-19-20(12-9-7-8-10-13-23(26)27)22(17-21(19)25)29-18(2)3/h7,9,14,16,18-22,25,28H,5-6,8,10-13,15,17H2,1-4H3,(H,26,27)/b9-7-,16-14+/t19-,20-,21-,22+,24+/m1/s1. The number of aliphatic hydroxyl groups is 2. The smallest absolute Gasteiger partial charge is 0.303 e. The summed E-state index contributed by atoms with van der Waals surface area (Å²) >= 11 is 0. The van der Waals surface area contributed by atoms with Gasteiger partial charge in [0.05, 0.1) is 23.9 Å². The van der Waals surface area contributed by atoms with Crippen LogP contribution in [0.5, 0.6) is 0 Å². The Morgan fingerprint density at radius 2 is 1.97 bits per heavy atom. The lowest BCUT2D eigenvalue weighted by molar-refractivity contribution is -0.137. The summed E-state index contributed by atoms with van der Waals surface area (Å²) in [5.74, 6) is -0.676. The van der Waals surface area contributed by atoms with Crippen LogP contribution >= 0.6 is 0 Å². The highest BCUT2D eigenvalue weighted by Gasteiger charge is 2.41. The molecule has 0 aliphatic heterocycles. The van der Waals surface area contributed by atoms with Crippen LogP contribution in [0.2, 0.25) is 0 Å². The molecule has 5 nitrogen and oxygen atoms in total. The number of unbranched alkanes of at least 4 members (excludes halogenated alkanes) is 3. The van der Waals surface area contributed by atoms with Gasteiger partial charge in [-0.2, -0.15) is 0 Å². The van der Waals surface area contributed by atoms with Crippen LogP contribution in [0.15, 0.2) is 24.3 Å². The number of rotatable bonds is 14. The highest BCUT2D eigenvalue weighted by atomic mass is 16.5. The minimum atomic E-state index is -0.858. The molecular weight excluding hydrogens is 368 g/mol. The molecule has 5 heteroatoms. The molecule has 1 fully saturated rings. The van der Waals surface area contributed by atoms with Gasteiger partial charge in [-0.15, -0.1) is 0 Å². The van der Waals surface area contributed by atoms with E-state index in [-0.39, 0.29) is 30.5 Å². The average molecular weight is 411 g/mol. The quantitative estimate of drug-likeness (QED) is 0.281. The summed E-state index contributed by atoms with van der Waals surface area (Å²) in [5.41, 5.74) is -0.858. The Labute approximate surface area is 176 Å². The summed E-state index contributed by atoms with van der Waals surface area (Å²) in [6, 6.07) is 0. The second kappa shape index (κ2) is 13.2. The van der Waals surface area contributed by atoms with Crippen molar-refractivity contribution < 1.29 is 24.9 Å². The molecule has 1 aliphatic rings. The lowest BCUT2D eigenvalue weighted by Gasteiger charge is -2.25. The summed E-state index contributed by atoms with van der Waals surface area (Å²) in [6.07, 6.45) is 14.4. The van der Waals surface area contributed by atoms with E-state index < -0.39 is 17.7 Å². The van der Waals surface area contributed by atoms with Crippen molar-refractivity contribution in [2.45, 2.75) is 109 Å². The van der Waals surface area contributed by atoms with Gasteiger partial charge in [-0.25, -0.2) is 0 Å². The number of hydrogen-bond acceptors (Lipinski definition) is 4. The van der Waals surface area contributed by atoms with Gasteiger partial charge >= 0.3 is 5.97 Å². The molecule has 0 radical (unpaired) electrons. The zero-order chi connectivity index (χ0) is 21.9. The molecule has 0 aromatic rings. The van der Waals surface area contributed by atoms with Crippen molar-refractivity contribution in [1.29, 1.82) is 0 Å². The number of aliphatic carboxylic acids is 1. The van der Waals surface area contributed by atoms with Gasteiger partial charge in [0.25, 0.3) is 0 Å². The molecule has 0 saturated heterocycles. The molecule has 1 saturated carbocycles. The maximum absolute atomic E-state index is 10.7. The summed E-state index contributed by atoms with van der Waals surface area (Å²) in [5, 5.41) is 30.0. The van der Waals surface area contributed by atoms with E-state index in [2.05, 4.69) is 13.0 Å². The van der Waals surface area contributed by atoms with E-state index in [1.807, 2.05) is 39.0 Å². The van der Waals surface area contributed by atoms with Gasteiger partial charge in [-0.3, -0.25) is 4.79 Å². The molecule has 0 heterocycles. The van der Waals surface area contributed by atoms with E-state index in [0.29, 0.717) is 12.8 Å². The Bertz CT molecular complexity index is 523. The first-order valence-electron chi connectivity index (χ1n) is 11.3. The molecule has 0 aromatic heterocycles. The molecule has 1 rings (SSSR count). The number of ether oxygens (including phenoxy) is 1. The van der Waals surface area contributed by atoms with Crippen molar-refractivity contribution in [3.63, 3.8) is 0 Å². The van der Waals surface area contributed by atoms with Gasteiger partial charge < -0.3 is 20.1 Å². The number of carboxylic acid groups (broad SMARTS) is 1. The van der Waals surface area contributed by atoms with Gasteiger partial charge in [-0.1, -0.05) is 50.5 Å². The van der Waals surface area contributed by atoms with Gasteiger partial charge in [0.2, 0.25) is 0 Å². The molecule has 29 heavy (non-hydrogen) atoms. The third-order valence-corrected chi connectivity index (χ3v) is 5.64. The molecule has 0 bridgehead atoms. The Balaban J connectivity index is 2.75. The maximum Gasteiger partial charge on any atom is 0.303 e. The van der Waals surface area contributed by atoms with E-state index >= 15 is 0 Å². The molecular formula is C24H42O5. The van der Waals surface area contributed by atoms with E-state index in [0.717, 1.165) is 38.5 Å². The van der Waals surface area contributed by atoms with Crippen LogP contribution in [-0.4, -0.2) is 45.2 Å². The zero-order valence-electron chi connectivity index (χ0n) is 18.7. The predicted molar refractivity (Wildman–Crippen MR) is 117 cm³/mol. The summed E-state index contributed by atoms with van der Waals surface area (Å²) in [7, 11) is 0. The molecule has 1 aliphatic carbocycles. The Morgan fingerprint density at radius 1 is 1.24 bits per heavy atom. The van der Waals surface area contributed by atoms with Crippen LogP contribution in [0.25, 0.3) is 0 Å². The van der Waals surface area contributed by atoms with Crippen LogP contribution < -0.4 is 0 Å². The van der Waals surface area contributed by atoms with Crippen molar-refractivity contribution >= 4 is 5.97 Å². The van der Waals surface area contributed by atoms with Crippen molar-refractivity contribution in [2.75, 3.05) is 0 Å². The first-order chi connectivity index (χ1) is 13.7. The topological polar surface area (TPSA) is 87.0 Å². The third-order valence-electron chi connectivity index (χ3n) is 5.64. The Kier molecular flexibility index (Phi) is 11.8. The van der Waals surface area contributed by atoms with Crippen molar-refractivity contribution in [3.05, 3.63) is 24.3 Å². The highest BCUT2D eigenvalue weighted by molar-refractivity contribution is 5.66. The SMILES string of the molecule is CCCCC[C@](C)(O)/C=C/[C@@H]1[C@@H](C/C=C\CCCC(=O)O)[C@@H](OC(C)C)C[C@H]1O. The van der Waals surface area contributed by atoms with Gasteiger partial charge in [-0.05, 0) is 52.4 Å². The second-order valence-electron chi connectivity index (χ2n) is 8.93. The fourth-order valence-electron chi connectivity index (χ4n) is 4.07. The average Bonchev–Trinajstić information content (AvgIpc) is 2.90. The van der Waals surface area contributed by atoms with Gasteiger partial charge in [0.15, 0.2) is 0 Å². The van der Waals surface area contributed by atoms with Gasteiger partial charge in [0.1, 0.15) is 0 Å². The molecule has 0 aromatic carbocycles. The van der Waals surface area contributed by atoms with Crippen LogP contribution in [-0.2, 0) is 9.53 Å². The number of allylic oxidation sites excluding steroid dienone is 2. The number of hydrogen-bond donors (Lipinski definition) is 3. The fourth-order valence-corrected chi connectivity index (χ4v) is 4.07. The largest absolute Gasteiger partial charge is 0.481 e. The summed E-state index contributed by atoms with van der Waals surface area (Å²) < 4.78 is 6.08. The minimum absolute atomic E-state index is 0.0200. The summed E-state index contributed by atoms with van der Waals surface area (Å²) in [4.78, 5) is 10.6. The molecule has 168 valence electrons. The first kappa shape index (κ1) is 25.9. The monoisotopic (exact) mass is 410 g/mol. The molecule has 3 N–H and O–H groups in total. The number of carbonyl (C=O) groups is 1.